The summed E-state index contributed by atoms with van der Waals surface area (Å²) in [6, 6.07) is 7.18. The predicted octanol–water partition coefficient (Wildman–Crippen LogP) is 0.833. The number of ether oxygens (including phenoxy) is 1. The average molecular weight is 250 g/mol. The van der Waals surface area contributed by atoms with Gasteiger partial charge in [-0.05, 0) is 18.6 Å². The first-order valence-electron chi connectivity index (χ1n) is 5.77. The van der Waals surface area contributed by atoms with Crippen LogP contribution < -0.4 is 5.73 Å². The van der Waals surface area contributed by atoms with Gasteiger partial charge in [0.05, 0.1) is 13.0 Å². The van der Waals surface area contributed by atoms with E-state index in [0.29, 0.717) is 12.3 Å². The van der Waals surface area contributed by atoms with Crippen LogP contribution >= 0.6 is 0 Å². The van der Waals surface area contributed by atoms with Crippen molar-refractivity contribution in [1.29, 1.82) is 0 Å². The Hall–Kier alpha value is -2.04. The molecule has 1 rings (SSSR count). The Morgan fingerprint density at radius 2 is 2.00 bits per heavy atom. The van der Waals surface area contributed by atoms with Gasteiger partial charge >= 0.3 is 5.97 Å². The number of carbonyl (C=O) groups is 2. The highest BCUT2D eigenvalue weighted by Crippen LogP contribution is 2.11. The number of amides is 1. The lowest BCUT2D eigenvalue weighted by Crippen LogP contribution is -2.34. The van der Waals surface area contributed by atoms with Crippen LogP contribution in [0, 0.1) is 0 Å². The monoisotopic (exact) mass is 250 g/mol. The van der Waals surface area contributed by atoms with Crippen LogP contribution in [0.25, 0.3) is 0 Å². The zero-order valence-corrected chi connectivity index (χ0v) is 10.7. The summed E-state index contributed by atoms with van der Waals surface area (Å²) in [7, 11) is 1.57. The van der Waals surface area contributed by atoms with Gasteiger partial charge in [-0.2, -0.15) is 0 Å². The molecule has 2 N–H and O–H groups in total. The van der Waals surface area contributed by atoms with Crippen molar-refractivity contribution in [1.82, 2.24) is 4.90 Å². The van der Waals surface area contributed by atoms with Crippen molar-refractivity contribution in [2.75, 3.05) is 25.9 Å². The van der Waals surface area contributed by atoms with E-state index in [2.05, 4.69) is 0 Å². The smallest absolute Gasteiger partial charge is 0.325 e. The number of nitrogens with two attached hydrogens (primary N) is 1. The number of rotatable bonds is 5. The molecule has 0 aromatic heterocycles. The molecule has 0 radical (unpaired) electrons. The number of nitrogens with zero attached hydrogens (tertiary/aromatic N) is 1. The molecule has 0 heterocycles. The van der Waals surface area contributed by atoms with Crippen molar-refractivity contribution in [3.63, 3.8) is 0 Å². The number of para-hydroxylation sites is 1. The average Bonchev–Trinajstić information content (AvgIpc) is 2.32. The molecule has 1 aromatic carbocycles. The maximum Gasteiger partial charge on any atom is 0.325 e. The summed E-state index contributed by atoms with van der Waals surface area (Å²) < 4.78 is 4.78. The molecular formula is C13H18N2O3. The normalized spacial score (nSPS) is 9.89. The molecule has 0 saturated carbocycles. The number of carbonyl (C=O) groups excluding carboxylic acids is 2. The molecule has 5 heteroatoms. The molecule has 0 spiro atoms. The van der Waals surface area contributed by atoms with Gasteiger partial charge in [0, 0.05) is 12.7 Å². The van der Waals surface area contributed by atoms with Crippen LogP contribution in [0.2, 0.25) is 0 Å². The third-order valence-corrected chi connectivity index (χ3v) is 2.49. The summed E-state index contributed by atoms with van der Waals surface area (Å²) >= 11 is 0. The fraction of sp³-hybridized carbons (Fsp3) is 0.385. The van der Waals surface area contributed by atoms with Crippen molar-refractivity contribution >= 4 is 17.6 Å². The van der Waals surface area contributed by atoms with Crippen molar-refractivity contribution in [2.45, 2.75) is 13.3 Å². The van der Waals surface area contributed by atoms with Crippen molar-refractivity contribution in [2.24, 2.45) is 0 Å². The standard InChI is InChI=1S/C13H18N2O3/c1-3-18-13(17)9-15(2)12(16)8-10-6-4-5-7-11(10)14/h4-7H,3,8-9,14H2,1-2H3. The largest absolute Gasteiger partial charge is 0.465 e. The van der Waals surface area contributed by atoms with Gasteiger partial charge in [-0.25, -0.2) is 0 Å². The Labute approximate surface area is 107 Å². The first-order chi connectivity index (χ1) is 8.54. The van der Waals surface area contributed by atoms with Gasteiger partial charge in [0.15, 0.2) is 0 Å². The van der Waals surface area contributed by atoms with Crippen LogP contribution in [-0.4, -0.2) is 37.0 Å². The van der Waals surface area contributed by atoms with Crippen LogP contribution in [0.5, 0.6) is 0 Å². The second-order valence-corrected chi connectivity index (χ2v) is 3.93. The molecule has 1 amide bonds. The SMILES string of the molecule is CCOC(=O)CN(C)C(=O)Cc1ccccc1N. The number of hydrogen-bond donors (Lipinski definition) is 1. The molecular weight excluding hydrogens is 232 g/mol. The quantitative estimate of drug-likeness (QED) is 0.620. The van der Waals surface area contributed by atoms with Crippen LogP contribution in [0.15, 0.2) is 24.3 Å². The van der Waals surface area contributed by atoms with Gasteiger partial charge < -0.3 is 15.4 Å². The topological polar surface area (TPSA) is 72.6 Å². The highest BCUT2D eigenvalue weighted by Gasteiger charge is 2.14. The molecule has 98 valence electrons. The fourth-order valence-electron chi connectivity index (χ4n) is 1.48. The van der Waals surface area contributed by atoms with E-state index in [1.54, 1.807) is 26.1 Å². The van der Waals surface area contributed by atoms with E-state index in [1.165, 1.54) is 4.90 Å². The van der Waals surface area contributed by atoms with Gasteiger partial charge in [-0.3, -0.25) is 9.59 Å². The number of benzene rings is 1. The lowest BCUT2D eigenvalue weighted by molar-refractivity contribution is -0.147. The number of anilines is 1. The summed E-state index contributed by atoms with van der Waals surface area (Å²) in [5.41, 5.74) is 7.10. The Balaban J connectivity index is 2.55. The fourth-order valence-corrected chi connectivity index (χ4v) is 1.48. The van der Waals surface area contributed by atoms with Crippen molar-refractivity contribution in [3.8, 4) is 0 Å². The van der Waals surface area contributed by atoms with E-state index in [0.717, 1.165) is 5.56 Å². The Morgan fingerprint density at radius 1 is 1.33 bits per heavy atom. The summed E-state index contributed by atoms with van der Waals surface area (Å²) in [4.78, 5) is 24.4. The number of nitrogen functional groups attached to an aromatic ring is 1. The molecule has 0 atom stereocenters. The highest BCUT2D eigenvalue weighted by atomic mass is 16.5. The van der Waals surface area contributed by atoms with Crippen molar-refractivity contribution < 1.29 is 14.3 Å². The molecule has 0 unspecified atom stereocenters. The van der Waals surface area contributed by atoms with Crippen LogP contribution in [0.3, 0.4) is 0 Å². The van der Waals surface area contributed by atoms with E-state index in [1.807, 2.05) is 12.1 Å². The van der Waals surface area contributed by atoms with Gasteiger partial charge in [-0.15, -0.1) is 0 Å². The van der Waals surface area contributed by atoms with Crippen LogP contribution in [-0.2, 0) is 20.7 Å². The molecule has 5 nitrogen and oxygen atoms in total. The second kappa shape index (κ2) is 6.64. The Bertz CT molecular complexity index is 432. The summed E-state index contributed by atoms with van der Waals surface area (Å²) in [6.45, 7) is 2.00. The molecule has 0 aliphatic heterocycles. The summed E-state index contributed by atoms with van der Waals surface area (Å²) in [5, 5.41) is 0. The van der Waals surface area contributed by atoms with Gasteiger partial charge in [-0.1, -0.05) is 18.2 Å². The van der Waals surface area contributed by atoms with Gasteiger partial charge in [0.1, 0.15) is 6.54 Å². The molecule has 0 saturated heterocycles. The second-order valence-electron chi connectivity index (χ2n) is 3.93. The molecule has 1 aromatic rings. The van der Waals surface area contributed by atoms with Crippen molar-refractivity contribution in [3.05, 3.63) is 29.8 Å². The Kier molecular flexibility index (Phi) is 5.17. The maximum atomic E-state index is 11.9. The first kappa shape index (κ1) is 14.0. The molecule has 0 fully saturated rings. The molecule has 0 aliphatic carbocycles. The minimum Gasteiger partial charge on any atom is -0.465 e. The molecule has 0 bridgehead atoms. The number of likely N-dealkylation sites (N-methyl/N-ethyl adjacent to an activating group) is 1. The minimum absolute atomic E-state index is 0.0423. The van der Waals surface area contributed by atoms with E-state index < -0.39 is 5.97 Å². The maximum absolute atomic E-state index is 11.9. The minimum atomic E-state index is -0.408. The molecule has 0 aliphatic rings. The zero-order valence-electron chi connectivity index (χ0n) is 10.7. The summed E-state index contributed by atoms with van der Waals surface area (Å²) in [6.07, 6.45) is 0.183. The third-order valence-electron chi connectivity index (χ3n) is 2.49. The number of esters is 1. The Morgan fingerprint density at radius 3 is 2.61 bits per heavy atom. The summed E-state index contributed by atoms with van der Waals surface area (Å²) in [5.74, 6) is -0.574. The van der Waals surface area contributed by atoms with Gasteiger partial charge in [0.2, 0.25) is 5.91 Å². The predicted molar refractivity (Wildman–Crippen MR) is 68.8 cm³/mol. The van der Waals surface area contributed by atoms with E-state index >= 15 is 0 Å². The third kappa shape index (κ3) is 4.08. The van der Waals surface area contributed by atoms with E-state index in [4.69, 9.17) is 10.5 Å². The lowest BCUT2D eigenvalue weighted by atomic mass is 10.1. The highest BCUT2D eigenvalue weighted by molar-refractivity contribution is 5.84. The van der Waals surface area contributed by atoms with Gasteiger partial charge in [0.25, 0.3) is 0 Å². The van der Waals surface area contributed by atoms with E-state index in [9.17, 15) is 9.59 Å². The number of hydrogen-bond acceptors (Lipinski definition) is 4. The first-order valence-corrected chi connectivity index (χ1v) is 5.77. The van der Waals surface area contributed by atoms with Crippen LogP contribution in [0.1, 0.15) is 12.5 Å². The van der Waals surface area contributed by atoms with E-state index in [-0.39, 0.29) is 18.9 Å². The zero-order chi connectivity index (χ0) is 13.5. The lowest BCUT2D eigenvalue weighted by Gasteiger charge is -2.16. The molecule has 18 heavy (non-hydrogen) atoms. The van der Waals surface area contributed by atoms with Crippen LogP contribution in [0.4, 0.5) is 5.69 Å².